The number of hydrogen-bond donors (Lipinski definition) is 1. The van der Waals surface area contributed by atoms with Gasteiger partial charge in [-0.05, 0) is 136 Å². The van der Waals surface area contributed by atoms with Crippen LogP contribution in [0.4, 0.5) is 0 Å². The number of aliphatic hydroxyl groups is 1. The van der Waals surface area contributed by atoms with Crippen LogP contribution in [0, 0.1) is 56.7 Å². The minimum atomic E-state index is -0.320. The van der Waals surface area contributed by atoms with Crippen LogP contribution in [0.1, 0.15) is 120 Å². The van der Waals surface area contributed by atoms with Gasteiger partial charge < -0.3 is 9.84 Å². The van der Waals surface area contributed by atoms with Crippen molar-refractivity contribution < 1.29 is 14.6 Å². The first-order valence-corrected chi connectivity index (χ1v) is 15.2. The van der Waals surface area contributed by atoms with Gasteiger partial charge in [0.15, 0.2) is 0 Å². The van der Waals surface area contributed by atoms with E-state index in [1.54, 1.807) is 0 Å². The van der Waals surface area contributed by atoms with Crippen molar-refractivity contribution in [1.82, 2.24) is 0 Å². The minimum absolute atomic E-state index is 0.00902. The monoisotopic (exact) mass is 498 g/mol. The summed E-state index contributed by atoms with van der Waals surface area (Å²) >= 11 is 0. The topological polar surface area (TPSA) is 46.5 Å². The summed E-state index contributed by atoms with van der Waals surface area (Å²) in [6, 6.07) is 0. The summed E-state index contributed by atoms with van der Waals surface area (Å²) in [5.41, 5.74) is 1.74. The van der Waals surface area contributed by atoms with Gasteiger partial charge >= 0.3 is 5.97 Å². The third-order valence-electron chi connectivity index (χ3n) is 13.8. The molecule has 1 N–H and O–H groups in total. The molecule has 5 saturated carbocycles. The quantitative estimate of drug-likeness (QED) is 0.317. The largest absolute Gasteiger partial charge is 0.463 e. The number of aliphatic hydroxyl groups excluding tert-OH is 1. The van der Waals surface area contributed by atoms with E-state index in [0.717, 1.165) is 38.5 Å². The number of carbonyl (C=O) groups is 1. The summed E-state index contributed by atoms with van der Waals surface area (Å²) in [6.45, 7) is 23.2. The number of allylic oxidation sites excluding steroid dienone is 1. The lowest BCUT2D eigenvalue weighted by Gasteiger charge is -2.72. The SMILES string of the molecule is C=C(C)[C@@H]1CC[C@]2(C(=O)OC(C)C)CC[C@]3(C)[C@H](CC[C@@H]4[C@@]5(C)CC[C@H](O)C(C)(C)[C@@H]5CC[C@]43C)[C@@H]12. The summed E-state index contributed by atoms with van der Waals surface area (Å²) in [5, 5.41) is 11.0. The molecule has 0 spiro atoms. The van der Waals surface area contributed by atoms with Crippen molar-refractivity contribution in [3.05, 3.63) is 12.2 Å². The number of carbonyl (C=O) groups excluding carboxylic acids is 1. The van der Waals surface area contributed by atoms with Gasteiger partial charge in [-0.1, -0.05) is 46.8 Å². The van der Waals surface area contributed by atoms with Gasteiger partial charge in [-0.25, -0.2) is 0 Å². The van der Waals surface area contributed by atoms with Crippen molar-refractivity contribution >= 4 is 5.97 Å². The molecule has 0 aliphatic heterocycles. The van der Waals surface area contributed by atoms with Crippen LogP contribution in [0.25, 0.3) is 0 Å². The van der Waals surface area contributed by atoms with Crippen LogP contribution in [-0.2, 0) is 9.53 Å². The Hall–Kier alpha value is -0.830. The number of esters is 1. The Kier molecular flexibility index (Phi) is 6.19. The average molecular weight is 499 g/mol. The molecule has 0 amide bonds. The van der Waals surface area contributed by atoms with E-state index in [4.69, 9.17) is 4.74 Å². The molecule has 0 aromatic heterocycles. The van der Waals surface area contributed by atoms with Crippen molar-refractivity contribution in [1.29, 1.82) is 0 Å². The fraction of sp³-hybridized carbons (Fsp3) is 0.909. The van der Waals surface area contributed by atoms with Crippen molar-refractivity contribution in [2.45, 2.75) is 132 Å². The molecular weight excluding hydrogens is 444 g/mol. The fourth-order valence-corrected chi connectivity index (χ4v) is 11.8. The van der Waals surface area contributed by atoms with Crippen molar-refractivity contribution in [3.8, 4) is 0 Å². The van der Waals surface area contributed by atoms with E-state index in [-0.39, 0.29) is 45.3 Å². The predicted octanol–water partition coefficient (Wildman–Crippen LogP) is 7.96. The first kappa shape index (κ1) is 26.8. The first-order valence-electron chi connectivity index (χ1n) is 15.2. The van der Waals surface area contributed by atoms with Gasteiger partial charge in [0, 0.05) is 0 Å². The maximum atomic E-state index is 13.8. The minimum Gasteiger partial charge on any atom is -0.463 e. The molecule has 10 atom stereocenters. The van der Waals surface area contributed by atoms with Gasteiger partial charge in [-0.15, -0.1) is 0 Å². The third kappa shape index (κ3) is 3.29. The molecule has 0 heterocycles. The second kappa shape index (κ2) is 8.33. The Morgan fingerprint density at radius 2 is 1.56 bits per heavy atom. The molecule has 3 nitrogen and oxygen atoms in total. The van der Waals surface area contributed by atoms with E-state index >= 15 is 0 Å². The van der Waals surface area contributed by atoms with E-state index < -0.39 is 0 Å². The lowest BCUT2D eigenvalue weighted by Crippen LogP contribution is -2.67. The molecule has 36 heavy (non-hydrogen) atoms. The summed E-state index contributed by atoms with van der Waals surface area (Å²) < 4.78 is 5.99. The van der Waals surface area contributed by atoms with Gasteiger partial charge in [0.2, 0.25) is 0 Å². The zero-order chi connectivity index (χ0) is 26.5. The van der Waals surface area contributed by atoms with Crippen LogP contribution in [0.2, 0.25) is 0 Å². The van der Waals surface area contributed by atoms with Gasteiger partial charge in [0.1, 0.15) is 0 Å². The van der Waals surface area contributed by atoms with E-state index in [1.807, 2.05) is 13.8 Å². The van der Waals surface area contributed by atoms with Crippen molar-refractivity contribution in [2.24, 2.45) is 56.7 Å². The van der Waals surface area contributed by atoms with E-state index in [1.165, 1.54) is 31.3 Å². The molecule has 5 fully saturated rings. The maximum absolute atomic E-state index is 13.8. The van der Waals surface area contributed by atoms with Crippen LogP contribution in [-0.4, -0.2) is 23.3 Å². The molecule has 3 heteroatoms. The molecule has 5 aliphatic carbocycles. The standard InChI is InChI=1S/C33H54O3/c1-20(2)22-12-17-33(28(35)36-21(3)4)19-18-31(8)23(27(22)33)10-11-25-30(7)15-14-26(34)29(5,6)24(30)13-16-32(25,31)9/h21-27,34H,1,10-19H2,2-9H3/t22-,23+,24-,25+,26-,27+,30-,31+,32+,33-/m0/s1. The van der Waals surface area contributed by atoms with Crippen LogP contribution in [0.15, 0.2) is 12.2 Å². The zero-order valence-electron chi connectivity index (χ0n) is 24.6. The van der Waals surface area contributed by atoms with Gasteiger partial charge in [-0.3, -0.25) is 4.79 Å². The molecule has 0 unspecified atom stereocenters. The van der Waals surface area contributed by atoms with Crippen molar-refractivity contribution in [3.63, 3.8) is 0 Å². The van der Waals surface area contributed by atoms with E-state index in [2.05, 4.69) is 48.1 Å². The molecule has 0 radical (unpaired) electrons. The molecule has 0 bridgehead atoms. The molecule has 5 aliphatic rings. The van der Waals surface area contributed by atoms with Crippen LogP contribution < -0.4 is 0 Å². The Morgan fingerprint density at radius 1 is 0.861 bits per heavy atom. The number of fused-ring (bicyclic) bond motifs is 7. The lowest BCUT2D eigenvalue weighted by molar-refractivity contribution is -0.249. The lowest BCUT2D eigenvalue weighted by atomic mass is 9.32. The highest BCUT2D eigenvalue weighted by Crippen LogP contribution is 2.77. The second-order valence-corrected chi connectivity index (χ2v) is 15.7. The highest BCUT2D eigenvalue weighted by atomic mass is 16.5. The molecule has 0 saturated heterocycles. The highest BCUT2D eigenvalue weighted by Gasteiger charge is 2.72. The summed E-state index contributed by atoms with van der Waals surface area (Å²) in [7, 11) is 0. The summed E-state index contributed by atoms with van der Waals surface area (Å²) in [6.07, 6.45) is 11.0. The predicted molar refractivity (Wildman–Crippen MR) is 146 cm³/mol. The normalized spacial score (nSPS) is 51.5. The van der Waals surface area contributed by atoms with Gasteiger partial charge in [0.05, 0.1) is 17.6 Å². The Morgan fingerprint density at radius 3 is 2.19 bits per heavy atom. The Bertz CT molecular complexity index is 920. The average Bonchev–Trinajstić information content (AvgIpc) is 3.18. The number of hydrogen-bond acceptors (Lipinski definition) is 3. The summed E-state index contributed by atoms with van der Waals surface area (Å²) in [5.74, 6) is 2.72. The number of ether oxygens (including phenoxy) is 1. The third-order valence-corrected chi connectivity index (χ3v) is 13.8. The van der Waals surface area contributed by atoms with E-state index in [0.29, 0.717) is 29.6 Å². The van der Waals surface area contributed by atoms with Crippen LogP contribution in [0.3, 0.4) is 0 Å². The molecule has 0 aromatic carbocycles. The van der Waals surface area contributed by atoms with Gasteiger partial charge in [-0.2, -0.15) is 0 Å². The fourth-order valence-electron chi connectivity index (χ4n) is 11.8. The van der Waals surface area contributed by atoms with Crippen LogP contribution in [0.5, 0.6) is 0 Å². The molecular formula is C33H54O3. The van der Waals surface area contributed by atoms with Crippen molar-refractivity contribution in [2.75, 3.05) is 0 Å². The zero-order valence-corrected chi connectivity index (χ0v) is 24.6. The summed E-state index contributed by atoms with van der Waals surface area (Å²) in [4.78, 5) is 13.8. The number of rotatable bonds is 3. The Labute approximate surface area is 221 Å². The molecule has 204 valence electrons. The Balaban J connectivity index is 1.55. The molecule has 0 aromatic rings. The van der Waals surface area contributed by atoms with Gasteiger partial charge in [0.25, 0.3) is 0 Å². The van der Waals surface area contributed by atoms with E-state index in [9.17, 15) is 9.90 Å². The maximum Gasteiger partial charge on any atom is 0.312 e. The second-order valence-electron chi connectivity index (χ2n) is 15.7. The smallest absolute Gasteiger partial charge is 0.312 e. The molecule has 5 rings (SSSR count). The van der Waals surface area contributed by atoms with Crippen LogP contribution >= 0.6 is 0 Å². The highest BCUT2D eigenvalue weighted by molar-refractivity contribution is 5.78. The first-order chi connectivity index (χ1) is 16.6.